The number of hydrogen-bond donors (Lipinski definition) is 2. The van der Waals surface area contributed by atoms with Crippen LogP contribution in [0.5, 0.6) is 0 Å². The second-order valence-electron chi connectivity index (χ2n) is 6.70. The quantitative estimate of drug-likeness (QED) is 0.638. The highest BCUT2D eigenvalue weighted by Gasteiger charge is 2.33. The lowest BCUT2D eigenvalue weighted by Gasteiger charge is -2.29. The maximum Gasteiger partial charge on any atom is 0.287 e. The first-order valence-electron chi connectivity index (χ1n) is 8.44. The molecule has 3 atom stereocenters. The minimum atomic E-state index is -0.471. The van der Waals surface area contributed by atoms with Gasteiger partial charge in [-0.05, 0) is 31.7 Å². The van der Waals surface area contributed by atoms with Gasteiger partial charge in [-0.2, -0.15) is 0 Å². The number of carbonyl (C=O) groups is 1. The molecule has 2 fully saturated rings. The Morgan fingerprint density at radius 2 is 2.21 bits per heavy atom. The molecular weight excluding hydrogens is 310 g/mol. The van der Waals surface area contributed by atoms with Crippen LogP contribution in [-0.4, -0.2) is 45.9 Å². The van der Waals surface area contributed by atoms with Gasteiger partial charge in [0.25, 0.3) is 5.69 Å². The number of hydrogen-bond acceptors (Lipinski definition) is 6. The fourth-order valence-electron chi connectivity index (χ4n) is 3.58. The van der Waals surface area contributed by atoms with Gasteiger partial charge >= 0.3 is 0 Å². The molecular formula is C16H23N5O3. The molecule has 0 aromatic carbocycles. The molecule has 1 saturated carbocycles. The third kappa shape index (κ3) is 3.81. The second kappa shape index (κ2) is 7.12. The minimum Gasteiger partial charge on any atom is -0.365 e. The normalized spacial score (nSPS) is 27.0. The van der Waals surface area contributed by atoms with Crippen LogP contribution in [0.2, 0.25) is 0 Å². The topological polar surface area (TPSA) is 114 Å². The molecule has 2 heterocycles. The van der Waals surface area contributed by atoms with Crippen molar-refractivity contribution in [3.63, 3.8) is 0 Å². The number of nitrogens with one attached hydrogen (secondary N) is 1. The lowest BCUT2D eigenvalue weighted by molar-refractivity contribution is -0.385. The van der Waals surface area contributed by atoms with E-state index in [1.54, 1.807) is 6.07 Å². The maximum atomic E-state index is 12.6. The Morgan fingerprint density at radius 1 is 1.38 bits per heavy atom. The van der Waals surface area contributed by atoms with Gasteiger partial charge in [-0.3, -0.25) is 14.9 Å². The van der Waals surface area contributed by atoms with Crippen molar-refractivity contribution in [2.24, 2.45) is 11.7 Å². The summed E-state index contributed by atoms with van der Waals surface area (Å²) >= 11 is 0. The van der Waals surface area contributed by atoms with Gasteiger partial charge in [-0.25, -0.2) is 4.98 Å². The SMILES string of the molecule is NC1CCCC(C(=O)N2CCC(Nc3ccc([N+](=O)[O-])cn3)C2)C1. The van der Waals surface area contributed by atoms with E-state index in [1.165, 1.54) is 12.3 Å². The van der Waals surface area contributed by atoms with E-state index in [0.717, 1.165) is 38.6 Å². The van der Waals surface area contributed by atoms with E-state index in [-0.39, 0.29) is 29.6 Å². The Labute approximate surface area is 140 Å². The number of carbonyl (C=O) groups excluding carboxylic acids is 1. The van der Waals surface area contributed by atoms with Crippen LogP contribution in [0.1, 0.15) is 32.1 Å². The van der Waals surface area contributed by atoms with Gasteiger partial charge in [-0.1, -0.05) is 6.42 Å². The van der Waals surface area contributed by atoms with Crippen LogP contribution in [0.15, 0.2) is 18.3 Å². The zero-order valence-corrected chi connectivity index (χ0v) is 13.6. The summed E-state index contributed by atoms with van der Waals surface area (Å²) in [5.41, 5.74) is 5.96. The molecule has 24 heavy (non-hydrogen) atoms. The van der Waals surface area contributed by atoms with E-state index >= 15 is 0 Å². The smallest absolute Gasteiger partial charge is 0.287 e. The van der Waals surface area contributed by atoms with Crippen molar-refractivity contribution in [2.75, 3.05) is 18.4 Å². The number of likely N-dealkylation sites (tertiary alicyclic amines) is 1. The number of nitrogens with two attached hydrogens (primary N) is 1. The maximum absolute atomic E-state index is 12.6. The monoisotopic (exact) mass is 333 g/mol. The Kier molecular flexibility index (Phi) is 4.94. The van der Waals surface area contributed by atoms with Crippen LogP contribution in [-0.2, 0) is 4.79 Å². The number of nitro groups is 1. The first kappa shape index (κ1) is 16.6. The molecule has 3 N–H and O–H groups in total. The molecule has 3 rings (SSSR count). The summed E-state index contributed by atoms with van der Waals surface area (Å²) in [6.45, 7) is 1.37. The van der Waals surface area contributed by atoms with Crippen LogP contribution in [0.25, 0.3) is 0 Å². The van der Waals surface area contributed by atoms with E-state index < -0.39 is 4.92 Å². The van der Waals surface area contributed by atoms with Crippen molar-refractivity contribution in [1.29, 1.82) is 0 Å². The summed E-state index contributed by atoms with van der Waals surface area (Å²) in [5, 5.41) is 13.9. The molecule has 8 heteroatoms. The second-order valence-corrected chi connectivity index (χ2v) is 6.70. The van der Waals surface area contributed by atoms with Crippen molar-refractivity contribution >= 4 is 17.4 Å². The number of rotatable bonds is 4. The summed E-state index contributed by atoms with van der Waals surface area (Å²) in [5.74, 6) is 0.871. The molecule has 0 radical (unpaired) electrons. The van der Waals surface area contributed by atoms with Gasteiger partial charge in [0.2, 0.25) is 5.91 Å². The van der Waals surface area contributed by atoms with Gasteiger partial charge in [0, 0.05) is 37.2 Å². The van der Waals surface area contributed by atoms with E-state index in [1.807, 2.05) is 4.90 Å². The number of aromatic nitrogens is 1. The van der Waals surface area contributed by atoms with Gasteiger partial charge in [-0.15, -0.1) is 0 Å². The summed E-state index contributed by atoms with van der Waals surface area (Å²) in [4.78, 5) is 28.8. The van der Waals surface area contributed by atoms with Crippen LogP contribution >= 0.6 is 0 Å². The molecule has 130 valence electrons. The van der Waals surface area contributed by atoms with E-state index in [2.05, 4.69) is 10.3 Å². The third-order valence-corrected chi connectivity index (χ3v) is 4.87. The zero-order valence-electron chi connectivity index (χ0n) is 13.6. The summed E-state index contributed by atoms with van der Waals surface area (Å²) < 4.78 is 0. The average Bonchev–Trinajstić information content (AvgIpc) is 3.03. The minimum absolute atomic E-state index is 0.0302. The molecule has 1 aromatic rings. The van der Waals surface area contributed by atoms with Gasteiger partial charge in [0.05, 0.1) is 4.92 Å². The molecule has 0 spiro atoms. The zero-order chi connectivity index (χ0) is 17.1. The highest BCUT2D eigenvalue weighted by molar-refractivity contribution is 5.79. The Morgan fingerprint density at radius 3 is 2.88 bits per heavy atom. The third-order valence-electron chi connectivity index (χ3n) is 4.87. The summed E-state index contributed by atoms with van der Waals surface area (Å²) in [6.07, 6.45) is 5.86. The highest BCUT2D eigenvalue weighted by atomic mass is 16.6. The lowest BCUT2D eigenvalue weighted by atomic mass is 9.85. The number of amides is 1. The van der Waals surface area contributed by atoms with Crippen molar-refractivity contribution in [3.8, 4) is 0 Å². The highest BCUT2D eigenvalue weighted by Crippen LogP contribution is 2.27. The van der Waals surface area contributed by atoms with Gasteiger partial charge < -0.3 is 16.0 Å². The predicted molar refractivity (Wildman–Crippen MR) is 89.4 cm³/mol. The fraction of sp³-hybridized carbons (Fsp3) is 0.625. The average molecular weight is 333 g/mol. The van der Waals surface area contributed by atoms with Crippen molar-refractivity contribution < 1.29 is 9.72 Å². The predicted octanol–water partition coefficient (Wildman–Crippen LogP) is 1.52. The van der Waals surface area contributed by atoms with Crippen molar-refractivity contribution in [3.05, 3.63) is 28.4 Å². The molecule has 2 aliphatic rings. The van der Waals surface area contributed by atoms with E-state index in [0.29, 0.717) is 12.4 Å². The Bertz CT molecular complexity index is 606. The molecule has 1 saturated heterocycles. The Balaban J connectivity index is 1.53. The Hall–Kier alpha value is -2.22. The number of pyridine rings is 1. The number of nitrogens with zero attached hydrogens (tertiary/aromatic N) is 3. The summed E-state index contributed by atoms with van der Waals surface area (Å²) in [7, 11) is 0. The molecule has 1 aromatic heterocycles. The first-order chi connectivity index (χ1) is 11.5. The molecule has 1 amide bonds. The fourth-order valence-corrected chi connectivity index (χ4v) is 3.58. The standard InChI is InChI=1S/C16H23N5O3/c17-12-3-1-2-11(8-12)16(22)20-7-6-13(10-20)19-15-5-4-14(9-18-15)21(23)24/h4-5,9,11-13H,1-3,6-8,10,17H2,(H,18,19). The first-order valence-corrected chi connectivity index (χ1v) is 8.44. The van der Waals surface area contributed by atoms with E-state index in [4.69, 9.17) is 5.73 Å². The van der Waals surface area contributed by atoms with E-state index in [9.17, 15) is 14.9 Å². The molecule has 1 aliphatic heterocycles. The van der Waals surface area contributed by atoms with Crippen LogP contribution in [0, 0.1) is 16.0 Å². The largest absolute Gasteiger partial charge is 0.365 e. The number of anilines is 1. The van der Waals surface area contributed by atoms with Crippen molar-refractivity contribution in [1.82, 2.24) is 9.88 Å². The molecule has 3 unspecified atom stereocenters. The van der Waals surface area contributed by atoms with Crippen LogP contribution in [0.3, 0.4) is 0 Å². The molecule has 8 nitrogen and oxygen atoms in total. The van der Waals surface area contributed by atoms with Gasteiger partial charge in [0.1, 0.15) is 12.0 Å². The van der Waals surface area contributed by atoms with Crippen LogP contribution in [0.4, 0.5) is 11.5 Å². The summed E-state index contributed by atoms with van der Waals surface area (Å²) in [6, 6.07) is 3.30. The molecule has 0 bridgehead atoms. The lowest BCUT2D eigenvalue weighted by Crippen LogP contribution is -2.40. The van der Waals surface area contributed by atoms with Crippen molar-refractivity contribution in [2.45, 2.75) is 44.2 Å². The van der Waals surface area contributed by atoms with Gasteiger partial charge in [0.15, 0.2) is 0 Å². The van der Waals surface area contributed by atoms with Crippen LogP contribution < -0.4 is 11.1 Å². The molecule has 1 aliphatic carbocycles.